The number of hydrogen-bond donors (Lipinski definition) is 2. The number of fused-ring (bicyclic) bond motifs is 1. The van der Waals surface area contributed by atoms with Crippen LogP contribution in [0.15, 0.2) is 47.6 Å². The van der Waals surface area contributed by atoms with E-state index in [9.17, 15) is 13.2 Å². The molecule has 2 aromatic carbocycles. The van der Waals surface area contributed by atoms with E-state index in [1.807, 2.05) is 24.3 Å². The van der Waals surface area contributed by atoms with Crippen LogP contribution in [0.1, 0.15) is 0 Å². The third-order valence-corrected chi connectivity index (χ3v) is 3.01. The van der Waals surface area contributed by atoms with Crippen molar-refractivity contribution in [3.8, 4) is 5.75 Å². The quantitative estimate of drug-likeness (QED) is 0.394. The zero-order valence-electron chi connectivity index (χ0n) is 10.8. The van der Waals surface area contributed by atoms with E-state index in [2.05, 4.69) is 5.16 Å². The van der Waals surface area contributed by atoms with Gasteiger partial charge >= 0.3 is 6.18 Å². The van der Waals surface area contributed by atoms with Gasteiger partial charge in [-0.25, -0.2) is 0 Å². The fourth-order valence-corrected chi connectivity index (χ4v) is 1.85. The standard InChI is InChI=1S/C14H13F3N2O2/c15-14(16,17)12(13(18)19-20)8-21-11-6-5-9-3-1-2-4-10(9)7-11/h1-7,12,20H,8H2,(H2,18,19). The Balaban J connectivity index is 2.16. The van der Waals surface area contributed by atoms with E-state index in [-0.39, 0.29) is 5.75 Å². The Hall–Kier alpha value is -2.44. The van der Waals surface area contributed by atoms with Crippen LogP contribution in [0.3, 0.4) is 0 Å². The maximum Gasteiger partial charge on any atom is 0.402 e. The van der Waals surface area contributed by atoms with Crippen LogP contribution < -0.4 is 10.5 Å². The second-order valence-electron chi connectivity index (χ2n) is 4.44. The highest BCUT2D eigenvalue weighted by molar-refractivity contribution is 5.84. The molecule has 0 aliphatic carbocycles. The first-order valence-electron chi connectivity index (χ1n) is 6.07. The molecule has 1 atom stereocenters. The topological polar surface area (TPSA) is 67.8 Å². The third kappa shape index (κ3) is 3.56. The van der Waals surface area contributed by atoms with Gasteiger partial charge in [-0.15, -0.1) is 0 Å². The first-order chi connectivity index (χ1) is 9.91. The van der Waals surface area contributed by atoms with Crippen LogP contribution in [0.25, 0.3) is 10.8 Å². The Bertz CT molecular complexity index is 656. The first kappa shape index (κ1) is 15.0. The molecule has 0 spiro atoms. The van der Waals surface area contributed by atoms with Crippen molar-refractivity contribution in [3.05, 3.63) is 42.5 Å². The molecule has 1 unspecified atom stereocenters. The van der Waals surface area contributed by atoms with E-state index >= 15 is 0 Å². The molecule has 0 aliphatic heterocycles. The number of nitrogens with zero attached hydrogens (tertiary/aromatic N) is 1. The largest absolute Gasteiger partial charge is 0.492 e. The molecule has 0 aliphatic rings. The summed E-state index contributed by atoms with van der Waals surface area (Å²) in [6.45, 7) is -0.752. The van der Waals surface area contributed by atoms with E-state index in [0.29, 0.717) is 0 Å². The molecule has 3 N–H and O–H groups in total. The summed E-state index contributed by atoms with van der Waals surface area (Å²) in [5.74, 6) is -2.80. The summed E-state index contributed by atoms with van der Waals surface area (Å²) in [5, 5.41) is 12.6. The molecule has 0 bridgehead atoms. The van der Waals surface area contributed by atoms with E-state index < -0.39 is 24.5 Å². The van der Waals surface area contributed by atoms with Gasteiger partial charge in [0.25, 0.3) is 0 Å². The molecule has 0 fully saturated rings. The lowest BCUT2D eigenvalue weighted by Gasteiger charge is -2.19. The van der Waals surface area contributed by atoms with E-state index in [4.69, 9.17) is 15.7 Å². The maximum absolute atomic E-state index is 12.8. The van der Waals surface area contributed by atoms with Crippen molar-refractivity contribution in [2.45, 2.75) is 6.18 Å². The zero-order chi connectivity index (χ0) is 15.5. The lowest BCUT2D eigenvalue weighted by atomic mass is 10.1. The van der Waals surface area contributed by atoms with Gasteiger partial charge in [-0.05, 0) is 22.9 Å². The molecule has 0 saturated heterocycles. The van der Waals surface area contributed by atoms with E-state index in [1.165, 1.54) is 0 Å². The van der Waals surface area contributed by atoms with Crippen molar-refractivity contribution >= 4 is 16.6 Å². The van der Waals surface area contributed by atoms with Crippen molar-refractivity contribution < 1.29 is 23.1 Å². The second kappa shape index (κ2) is 5.90. The van der Waals surface area contributed by atoms with Crippen molar-refractivity contribution in [1.29, 1.82) is 0 Å². The number of halogens is 3. The zero-order valence-corrected chi connectivity index (χ0v) is 10.8. The number of nitrogens with two attached hydrogens (primary N) is 1. The van der Waals surface area contributed by atoms with Crippen LogP contribution in [0.2, 0.25) is 0 Å². The van der Waals surface area contributed by atoms with Crippen LogP contribution in [0.4, 0.5) is 13.2 Å². The molecule has 112 valence electrons. The molecule has 4 nitrogen and oxygen atoms in total. The minimum Gasteiger partial charge on any atom is -0.492 e. The fraction of sp³-hybridized carbons (Fsp3) is 0.214. The van der Waals surface area contributed by atoms with E-state index in [1.54, 1.807) is 18.2 Å². The lowest BCUT2D eigenvalue weighted by molar-refractivity contribution is -0.162. The monoisotopic (exact) mass is 298 g/mol. The van der Waals surface area contributed by atoms with Gasteiger partial charge in [0.1, 0.15) is 18.3 Å². The smallest absolute Gasteiger partial charge is 0.402 e. The van der Waals surface area contributed by atoms with Gasteiger partial charge in [0.2, 0.25) is 0 Å². The molecule has 2 aromatic rings. The average molecular weight is 298 g/mol. The highest BCUT2D eigenvalue weighted by atomic mass is 19.4. The second-order valence-corrected chi connectivity index (χ2v) is 4.44. The molecule has 0 radical (unpaired) electrons. The van der Waals surface area contributed by atoms with Crippen molar-refractivity contribution in [3.63, 3.8) is 0 Å². The lowest BCUT2D eigenvalue weighted by Crippen LogP contribution is -2.40. The predicted octanol–water partition coefficient (Wildman–Crippen LogP) is 3.14. The van der Waals surface area contributed by atoms with Gasteiger partial charge in [0, 0.05) is 0 Å². The molecule has 0 heterocycles. The predicted molar refractivity (Wildman–Crippen MR) is 72.4 cm³/mol. The molecular formula is C14H13F3N2O2. The molecule has 0 saturated carbocycles. The Morgan fingerprint density at radius 2 is 1.86 bits per heavy atom. The summed E-state index contributed by atoms with van der Waals surface area (Å²) >= 11 is 0. The van der Waals surface area contributed by atoms with Crippen LogP contribution in [-0.4, -0.2) is 23.8 Å². The van der Waals surface area contributed by atoms with Gasteiger partial charge in [-0.2, -0.15) is 13.2 Å². The van der Waals surface area contributed by atoms with Gasteiger partial charge in [0.15, 0.2) is 5.84 Å². The fourth-order valence-electron chi connectivity index (χ4n) is 1.85. The minimum absolute atomic E-state index is 0.286. The summed E-state index contributed by atoms with van der Waals surface area (Å²) in [6.07, 6.45) is -4.65. The van der Waals surface area contributed by atoms with Crippen LogP contribution in [0.5, 0.6) is 5.75 Å². The number of ether oxygens (including phenoxy) is 1. The van der Waals surface area contributed by atoms with Crippen LogP contribution in [0, 0.1) is 5.92 Å². The first-order valence-corrected chi connectivity index (χ1v) is 6.07. The van der Waals surface area contributed by atoms with E-state index in [0.717, 1.165) is 10.8 Å². The Labute approximate surface area is 118 Å². The Morgan fingerprint density at radius 1 is 1.19 bits per heavy atom. The SMILES string of the molecule is N/C(=N/O)C(COc1ccc2ccccc2c1)C(F)(F)F. The highest BCUT2D eigenvalue weighted by Crippen LogP contribution is 2.28. The number of amidine groups is 1. The molecule has 21 heavy (non-hydrogen) atoms. The summed E-state index contributed by atoms with van der Waals surface area (Å²) in [6, 6.07) is 12.3. The molecule has 0 amide bonds. The maximum atomic E-state index is 12.8. The number of rotatable bonds is 4. The Morgan fingerprint density at radius 3 is 2.48 bits per heavy atom. The van der Waals surface area contributed by atoms with Gasteiger partial charge in [-0.1, -0.05) is 35.5 Å². The molecule has 7 heteroatoms. The van der Waals surface area contributed by atoms with Crippen LogP contribution >= 0.6 is 0 Å². The summed E-state index contributed by atoms with van der Waals surface area (Å²) in [7, 11) is 0. The third-order valence-electron chi connectivity index (χ3n) is 3.01. The summed E-state index contributed by atoms with van der Waals surface area (Å²) < 4.78 is 43.4. The summed E-state index contributed by atoms with van der Waals surface area (Å²) in [4.78, 5) is 0. The average Bonchev–Trinajstić information content (AvgIpc) is 2.45. The van der Waals surface area contributed by atoms with Crippen LogP contribution in [-0.2, 0) is 0 Å². The van der Waals surface area contributed by atoms with Crippen molar-refractivity contribution in [2.24, 2.45) is 16.8 Å². The normalized spacial score (nSPS) is 14.1. The Kier molecular flexibility index (Phi) is 4.21. The van der Waals surface area contributed by atoms with Crippen molar-refractivity contribution in [2.75, 3.05) is 6.61 Å². The number of oxime groups is 1. The number of benzene rings is 2. The minimum atomic E-state index is -4.65. The molecular weight excluding hydrogens is 285 g/mol. The van der Waals surface area contributed by atoms with Gasteiger partial charge in [-0.3, -0.25) is 0 Å². The number of hydrogen-bond acceptors (Lipinski definition) is 3. The molecule has 2 rings (SSSR count). The van der Waals surface area contributed by atoms with Gasteiger partial charge in [0.05, 0.1) is 0 Å². The van der Waals surface area contributed by atoms with Gasteiger partial charge < -0.3 is 15.7 Å². The van der Waals surface area contributed by atoms with Crippen molar-refractivity contribution in [1.82, 2.24) is 0 Å². The summed E-state index contributed by atoms with van der Waals surface area (Å²) in [5.41, 5.74) is 5.06. The highest BCUT2D eigenvalue weighted by Gasteiger charge is 2.43. The molecule has 0 aromatic heterocycles. The number of alkyl halides is 3.